The number of nitrogens with two attached hydrogens (primary N) is 1. The molecule has 0 aromatic heterocycles. The van der Waals surface area contributed by atoms with E-state index < -0.39 is 0 Å². The van der Waals surface area contributed by atoms with E-state index in [2.05, 4.69) is 9.64 Å². The summed E-state index contributed by atoms with van der Waals surface area (Å²) in [6, 6.07) is 7.54. The molecule has 1 fully saturated rings. The Morgan fingerprint density at radius 2 is 2.10 bits per heavy atom. The molecule has 5 nitrogen and oxygen atoms in total. The van der Waals surface area contributed by atoms with E-state index in [-0.39, 0.29) is 12.1 Å². The Kier molecular flexibility index (Phi) is 6.02. The molecule has 1 unspecified atom stereocenters. The van der Waals surface area contributed by atoms with Gasteiger partial charge in [0, 0.05) is 6.54 Å². The van der Waals surface area contributed by atoms with Crippen LogP contribution in [0.3, 0.4) is 0 Å². The summed E-state index contributed by atoms with van der Waals surface area (Å²) in [6.45, 7) is 2.54. The van der Waals surface area contributed by atoms with Gasteiger partial charge in [-0.1, -0.05) is 12.1 Å². The van der Waals surface area contributed by atoms with Crippen LogP contribution < -0.4 is 10.5 Å². The number of ether oxygens (including phenoxy) is 2. The molecule has 116 valence electrons. The highest BCUT2D eigenvalue weighted by atomic mass is 16.5. The van der Waals surface area contributed by atoms with Crippen molar-refractivity contribution in [2.75, 3.05) is 26.8 Å². The topological polar surface area (TPSA) is 64.8 Å². The predicted octanol–water partition coefficient (Wildman–Crippen LogP) is 1.55. The number of carbonyl (C=O) groups excluding carboxylic acids is 1. The Bertz CT molecular complexity index is 447. The maximum Gasteiger partial charge on any atom is 0.309 e. The van der Waals surface area contributed by atoms with Gasteiger partial charge in [0.05, 0.1) is 19.7 Å². The third kappa shape index (κ3) is 5.02. The lowest BCUT2D eigenvalue weighted by atomic mass is 10.1. The van der Waals surface area contributed by atoms with Crippen LogP contribution in [0.4, 0.5) is 0 Å². The van der Waals surface area contributed by atoms with Gasteiger partial charge in [-0.3, -0.25) is 9.69 Å². The number of hydrogen-bond donors (Lipinski definition) is 1. The smallest absolute Gasteiger partial charge is 0.309 e. The Hall–Kier alpha value is -1.59. The third-order valence-electron chi connectivity index (χ3n) is 3.81. The summed E-state index contributed by atoms with van der Waals surface area (Å²) < 4.78 is 10.4. The molecule has 1 saturated heterocycles. The first-order valence-corrected chi connectivity index (χ1v) is 7.47. The van der Waals surface area contributed by atoms with E-state index in [9.17, 15) is 4.79 Å². The van der Waals surface area contributed by atoms with Crippen molar-refractivity contribution in [3.8, 4) is 5.75 Å². The maximum atomic E-state index is 11.2. The van der Waals surface area contributed by atoms with Crippen molar-refractivity contribution in [3.05, 3.63) is 29.8 Å². The van der Waals surface area contributed by atoms with Crippen LogP contribution in [0.5, 0.6) is 5.75 Å². The van der Waals surface area contributed by atoms with Crippen molar-refractivity contribution >= 4 is 5.97 Å². The molecule has 0 spiro atoms. The molecule has 0 amide bonds. The standard InChI is InChI=1S/C16H24N2O3/c1-20-16(19)12-13-5-7-14(8-6-13)21-11-10-18-9-3-2-4-15(18)17/h5-8,15H,2-4,9-12,17H2,1H3. The summed E-state index contributed by atoms with van der Waals surface area (Å²) in [5.41, 5.74) is 6.99. The third-order valence-corrected chi connectivity index (χ3v) is 3.81. The summed E-state index contributed by atoms with van der Waals surface area (Å²) in [6.07, 6.45) is 3.97. The van der Waals surface area contributed by atoms with Crippen LogP contribution in [0.15, 0.2) is 24.3 Å². The maximum absolute atomic E-state index is 11.2. The van der Waals surface area contributed by atoms with Gasteiger partial charge in [-0.15, -0.1) is 0 Å². The first-order valence-electron chi connectivity index (χ1n) is 7.47. The van der Waals surface area contributed by atoms with Crippen molar-refractivity contribution in [1.29, 1.82) is 0 Å². The van der Waals surface area contributed by atoms with E-state index in [4.69, 9.17) is 10.5 Å². The van der Waals surface area contributed by atoms with Crippen LogP contribution in [-0.4, -0.2) is 43.8 Å². The van der Waals surface area contributed by atoms with Crippen molar-refractivity contribution in [2.24, 2.45) is 5.73 Å². The zero-order chi connectivity index (χ0) is 15.1. The Balaban J connectivity index is 1.74. The van der Waals surface area contributed by atoms with Crippen molar-refractivity contribution in [2.45, 2.75) is 31.8 Å². The molecule has 1 atom stereocenters. The molecule has 0 radical (unpaired) electrons. The van der Waals surface area contributed by atoms with E-state index in [1.54, 1.807) is 0 Å². The fourth-order valence-electron chi connectivity index (χ4n) is 2.52. The van der Waals surface area contributed by atoms with Crippen LogP contribution in [0, 0.1) is 0 Å². The number of rotatable bonds is 6. The number of carbonyl (C=O) groups is 1. The van der Waals surface area contributed by atoms with Gasteiger partial charge in [-0.25, -0.2) is 0 Å². The summed E-state index contributed by atoms with van der Waals surface area (Å²) >= 11 is 0. The van der Waals surface area contributed by atoms with Crippen molar-refractivity contribution in [3.63, 3.8) is 0 Å². The first-order chi connectivity index (χ1) is 10.2. The number of likely N-dealkylation sites (tertiary alicyclic amines) is 1. The van der Waals surface area contributed by atoms with Gasteiger partial charge in [-0.05, 0) is 43.5 Å². The monoisotopic (exact) mass is 292 g/mol. The second kappa shape index (κ2) is 8.00. The normalized spacial score (nSPS) is 19.2. The molecule has 1 aliphatic heterocycles. The SMILES string of the molecule is COC(=O)Cc1ccc(OCCN2CCCCC2N)cc1. The first kappa shape index (κ1) is 15.8. The van der Waals surface area contributed by atoms with Gasteiger partial charge in [0.25, 0.3) is 0 Å². The lowest BCUT2D eigenvalue weighted by molar-refractivity contribution is -0.139. The summed E-state index contributed by atoms with van der Waals surface area (Å²) in [4.78, 5) is 13.4. The fourth-order valence-corrected chi connectivity index (χ4v) is 2.52. The fraction of sp³-hybridized carbons (Fsp3) is 0.562. The Labute approximate surface area is 126 Å². The summed E-state index contributed by atoms with van der Waals surface area (Å²) in [5.74, 6) is 0.581. The van der Waals surface area contributed by atoms with Gasteiger partial charge in [0.2, 0.25) is 0 Å². The molecule has 0 bridgehead atoms. The van der Waals surface area contributed by atoms with Gasteiger partial charge in [0.1, 0.15) is 12.4 Å². The highest BCUT2D eigenvalue weighted by Gasteiger charge is 2.17. The molecule has 21 heavy (non-hydrogen) atoms. The van der Waals surface area contributed by atoms with Crippen LogP contribution in [0.1, 0.15) is 24.8 Å². The zero-order valence-corrected chi connectivity index (χ0v) is 12.6. The molecular weight excluding hydrogens is 268 g/mol. The highest BCUT2D eigenvalue weighted by molar-refractivity contribution is 5.72. The predicted molar refractivity (Wildman–Crippen MR) is 81.1 cm³/mol. The van der Waals surface area contributed by atoms with E-state index in [1.165, 1.54) is 20.0 Å². The molecule has 0 saturated carbocycles. The molecule has 2 N–H and O–H groups in total. The number of hydrogen-bond acceptors (Lipinski definition) is 5. The Morgan fingerprint density at radius 1 is 1.33 bits per heavy atom. The van der Waals surface area contributed by atoms with Gasteiger partial charge >= 0.3 is 5.97 Å². The van der Waals surface area contributed by atoms with E-state index >= 15 is 0 Å². The van der Waals surface area contributed by atoms with Gasteiger partial charge in [0.15, 0.2) is 0 Å². The average Bonchev–Trinajstić information content (AvgIpc) is 2.51. The van der Waals surface area contributed by atoms with Crippen molar-refractivity contribution in [1.82, 2.24) is 4.90 Å². The largest absolute Gasteiger partial charge is 0.492 e. The second-order valence-electron chi connectivity index (χ2n) is 5.34. The lowest BCUT2D eigenvalue weighted by Gasteiger charge is -2.32. The number of piperidine rings is 1. The molecule has 5 heteroatoms. The minimum Gasteiger partial charge on any atom is -0.492 e. The van der Waals surface area contributed by atoms with Crippen LogP contribution >= 0.6 is 0 Å². The van der Waals surface area contributed by atoms with Crippen LogP contribution in [-0.2, 0) is 16.0 Å². The molecule has 1 aromatic carbocycles. The van der Waals surface area contributed by atoms with Crippen LogP contribution in [0.25, 0.3) is 0 Å². The second-order valence-corrected chi connectivity index (χ2v) is 5.34. The molecule has 1 aromatic rings. The molecular formula is C16H24N2O3. The van der Waals surface area contributed by atoms with Gasteiger partial charge in [-0.2, -0.15) is 0 Å². The average molecular weight is 292 g/mol. The van der Waals surface area contributed by atoms with Crippen molar-refractivity contribution < 1.29 is 14.3 Å². The Morgan fingerprint density at radius 3 is 2.76 bits per heavy atom. The van der Waals surface area contributed by atoms with Crippen LogP contribution in [0.2, 0.25) is 0 Å². The minimum absolute atomic E-state index is 0.171. The highest BCUT2D eigenvalue weighted by Crippen LogP contribution is 2.15. The van der Waals surface area contributed by atoms with E-state index in [1.807, 2.05) is 24.3 Å². The number of benzene rings is 1. The summed E-state index contributed by atoms with van der Waals surface area (Å²) in [7, 11) is 1.39. The van der Waals surface area contributed by atoms with Gasteiger partial charge < -0.3 is 15.2 Å². The van der Waals surface area contributed by atoms with E-state index in [0.29, 0.717) is 13.0 Å². The molecule has 1 aliphatic rings. The minimum atomic E-state index is -0.234. The molecule has 1 heterocycles. The number of nitrogens with zero attached hydrogens (tertiary/aromatic N) is 1. The number of esters is 1. The lowest BCUT2D eigenvalue weighted by Crippen LogP contribution is -2.46. The summed E-state index contributed by atoms with van der Waals surface area (Å²) in [5, 5.41) is 0. The molecule has 2 rings (SSSR count). The van der Waals surface area contributed by atoms with E-state index in [0.717, 1.165) is 30.8 Å². The zero-order valence-electron chi connectivity index (χ0n) is 12.6. The number of methoxy groups -OCH3 is 1. The molecule has 0 aliphatic carbocycles. The quantitative estimate of drug-likeness (QED) is 0.806.